The summed E-state index contributed by atoms with van der Waals surface area (Å²) in [4.78, 5) is 0. The maximum absolute atomic E-state index is 3.91. The Kier molecular flexibility index (Phi) is 1.70. The Morgan fingerprint density at radius 3 is 2.86 bits per heavy atom. The molecule has 0 fully saturated rings. The SMILES string of the molecule is C=S1C=CC=NS1. The topological polar surface area (TPSA) is 12.4 Å². The van der Waals surface area contributed by atoms with Crippen LogP contribution in [-0.4, -0.2) is 12.1 Å². The fourth-order valence-corrected chi connectivity index (χ4v) is 1.61. The van der Waals surface area contributed by atoms with Gasteiger partial charge in [-0.3, -0.25) is 0 Å². The molecule has 0 aromatic heterocycles. The van der Waals surface area contributed by atoms with E-state index in [9.17, 15) is 0 Å². The van der Waals surface area contributed by atoms with Gasteiger partial charge in [-0.25, -0.2) is 4.40 Å². The molecule has 1 rings (SSSR count). The highest BCUT2D eigenvalue weighted by Crippen LogP contribution is 2.32. The number of rotatable bonds is 0. The fourth-order valence-electron chi connectivity index (χ4n) is 0.263. The molecule has 3 heteroatoms. The summed E-state index contributed by atoms with van der Waals surface area (Å²) in [6.07, 6.45) is 3.70. The van der Waals surface area contributed by atoms with Crippen LogP contribution in [0.25, 0.3) is 0 Å². The largest absolute Gasteiger partial charge is 0.213 e. The van der Waals surface area contributed by atoms with Crippen LogP contribution in [0.2, 0.25) is 0 Å². The average molecular weight is 131 g/mol. The first-order chi connectivity index (χ1) is 3.39. The highest BCUT2D eigenvalue weighted by atomic mass is 33.1. The van der Waals surface area contributed by atoms with Crippen LogP contribution in [0.5, 0.6) is 0 Å². The lowest BCUT2D eigenvalue weighted by atomic mass is 10.7. The minimum absolute atomic E-state index is 0.0980. The average Bonchev–Trinajstić information content (AvgIpc) is 1.69. The third-order valence-electron chi connectivity index (χ3n) is 0.516. The summed E-state index contributed by atoms with van der Waals surface area (Å²) in [7, 11) is 1.62. The summed E-state index contributed by atoms with van der Waals surface area (Å²) in [5.41, 5.74) is 0. The van der Waals surface area contributed by atoms with Crippen LogP contribution < -0.4 is 0 Å². The van der Waals surface area contributed by atoms with E-state index in [1.807, 2.05) is 11.5 Å². The van der Waals surface area contributed by atoms with Gasteiger partial charge < -0.3 is 0 Å². The first kappa shape index (κ1) is 5.12. The van der Waals surface area contributed by atoms with Gasteiger partial charge in [0.15, 0.2) is 0 Å². The zero-order valence-electron chi connectivity index (χ0n) is 3.70. The molecule has 0 aromatic rings. The highest BCUT2D eigenvalue weighted by Gasteiger charge is 1.85. The van der Waals surface area contributed by atoms with Crippen molar-refractivity contribution < 1.29 is 0 Å². The smallest absolute Gasteiger partial charge is 0.0406 e. The van der Waals surface area contributed by atoms with Crippen molar-refractivity contribution in [3.8, 4) is 0 Å². The summed E-state index contributed by atoms with van der Waals surface area (Å²) < 4.78 is 3.91. The number of hydrogen-bond donors (Lipinski definition) is 0. The van der Waals surface area contributed by atoms with E-state index < -0.39 is 0 Å². The molecule has 1 nitrogen and oxygen atoms in total. The standard InChI is InChI=1S/C4H5NS2/c1-7-4-2-3-5-6-7/h2-4H,1H2. The van der Waals surface area contributed by atoms with Gasteiger partial charge in [-0.05, 0) is 11.5 Å². The molecule has 1 heterocycles. The number of hydrogen-bond acceptors (Lipinski definition) is 2. The Morgan fingerprint density at radius 1 is 1.71 bits per heavy atom. The molecule has 0 amide bonds. The maximum atomic E-state index is 3.91. The summed E-state index contributed by atoms with van der Waals surface area (Å²) in [6.45, 7) is 0. The summed E-state index contributed by atoms with van der Waals surface area (Å²) in [5.74, 6) is 3.79. The summed E-state index contributed by atoms with van der Waals surface area (Å²) in [6, 6.07) is 0. The molecule has 0 aliphatic carbocycles. The van der Waals surface area contributed by atoms with Crippen LogP contribution >= 0.6 is 20.5 Å². The number of nitrogens with zero attached hydrogens (tertiary/aromatic N) is 1. The second-order valence-electron chi connectivity index (χ2n) is 1.04. The molecule has 0 N–H and O–H groups in total. The molecule has 0 aromatic carbocycles. The first-order valence-corrected chi connectivity index (χ1v) is 4.55. The lowest BCUT2D eigenvalue weighted by Gasteiger charge is -1.94. The first-order valence-electron chi connectivity index (χ1n) is 1.80. The van der Waals surface area contributed by atoms with Gasteiger partial charge in [0.2, 0.25) is 0 Å². The third-order valence-corrected chi connectivity index (χ3v) is 2.54. The van der Waals surface area contributed by atoms with Crippen molar-refractivity contribution in [3.63, 3.8) is 0 Å². The molecular formula is C4H5NS2. The van der Waals surface area contributed by atoms with Crippen LogP contribution in [0.3, 0.4) is 0 Å². The number of allylic oxidation sites excluding steroid dienone is 1. The monoisotopic (exact) mass is 131 g/mol. The quantitative estimate of drug-likeness (QED) is 0.277. The molecule has 1 aliphatic rings. The Labute approximate surface area is 49.0 Å². The van der Waals surface area contributed by atoms with Gasteiger partial charge >= 0.3 is 0 Å². The Hall–Kier alpha value is -0.0200. The highest BCUT2D eigenvalue weighted by molar-refractivity contribution is 8.84. The molecule has 0 radical (unpaired) electrons. The normalized spacial score (nSPS) is 28.3. The molecule has 1 unspecified atom stereocenters. The van der Waals surface area contributed by atoms with E-state index in [1.165, 1.54) is 11.0 Å². The van der Waals surface area contributed by atoms with Crippen molar-refractivity contribution in [2.75, 3.05) is 0 Å². The third kappa shape index (κ3) is 1.49. The summed E-state index contributed by atoms with van der Waals surface area (Å²) >= 11 is 0. The predicted octanol–water partition coefficient (Wildman–Crippen LogP) is 1.85. The zero-order valence-corrected chi connectivity index (χ0v) is 5.34. The van der Waals surface area contributed by atoms with Gasteiger partial charge in [0.25, 0.3) is 0 Å². The minimum atomic E-state index is 0.0980. The van der Waals surface area contributed by atoms with Gasteiger partial charge in [-0.15, -0.1) is 0 Å². The fraction of sp³-hybridized carbons (Fsp3) is 0. The van der Waals surface area contributed by atoms with Gasteiger partial charge in [0.1, 0.15) is 0 Å². The molecule has 7 heavy (non-hydrogen) atoms. The van der Waals surface area contributed by atoms with E-state index in [-0.39, 0.29) is 9.52 Å². The van der Waals surface area contributed by atoms with Crippen molar-refractivity contribution in [2.45, 2.75) is 0 Å². The van der Waals surface area contributed by atoms with Gasteiger partial charge in [-0.1, -0.05) is 15.4 Å². The molecule has 0 bridgehead atoms. The van der Waals surface area contributed by atoms with E-state index in [0.717, 1.165) is 0 Å². The lowest BCUT2D eigenvalue weighted by molar-refractivity contribution is 2.00. The molecule has 1 atom stereocenters. The van der Waals surface area contributed by atoms with Gasteiger partial charge in [0, 0.05) is 17.2 Å². The molecule has 38 valence electrons. The van der Waals surface area contributed by atoms with Crippen LogP contribution in [0, 0.1) is 0 Å². The second kappa shape index (κ2) is 2.33. The second-order valence-corrected chi connectivity index (χ2v) is 4.16. The molecule has 0 saturated heterocycles. The van der Waals surface area contributed by atoms with E-state index in [1.54, 1.807) is 6.21 Å². The van der Waals surface area contributed by atoms with Crippen LogP contribution in [0.15, 0.2) is 15.9 Å². The van der Waals surface area contributed by atoms with Crippen molar-refractivity contribution >= 4 is 32.6 Å². The van der Waals surface area contributed by atoms with Gasteiger partial charge in [-0.2, -0.15) is 0 Å². The van der Waals surface area contributed by atoms with Crippen molar-refractivity contribution in [1.82, 2.24) is 0 Å². The van der Waals surface area contributed by atoms with Crippen molar-refractivity contribution in [2.24, 2.45) is 4.40 Å². The molecule has 0 saturated carbocycles. The lowest BCUT2D eigenvalue weighted by Crippen LogP contribution is -1.64. The summed E-state index contributed by atoms with van der Waals surface area (Å²) in [5, 5.41) is 2.04. The Balaban J connectivity index is 2.66. The van der Waals surface area contributed by atoms with Crippen LogP contribution in [0.4, 0.5) is 0 Å². The van der Waals surface area contributed by atoms with E-state index in [4.69, 9.17) is 0 Å². The van der Waals surface area contributed by atoms with Crippen LogP contribution in [0.1, 0.15) is 0 Å². The van der Waals surface area contributed by atoms with E-state index >= 15 is 0 Å². The van der Waals surface area contributed by atoms with Gasteiger partial charge in [0.05, 0.1) is 0 Å². The predicted molar refractivity (Wildman–Crippen MR) is 39.9 cm³/mol. The maximum Gasteiger partial charge on any atom is 0.0406 e. The van der Waals surface area contributed by atoms with E-state index in [0.29, 0.717) is 0 Å². The molecular weight excluding hydrogens is 126 g/mol. The zero-order chi connectivity index (χ0) is 5.11. The van der Waals surface area contributed by atoms with Crippen molar-refractivity contribution in [1.29, 1.82) is 0 Å². The Morgan fingerprint density at radius 2 is 2.57 bits per heavy atom. The minimum Gasteiger partial charge on any atom is -0.213 e. The van der Waals surface area contributed by atoms with Crippen LogP contribution in [-0.2, 0) is 0 Å². The van der Waals surface area contributed by atoms with Crippen molar-refractivity contribution in [3.05, 3.63) is 11.5 Å². The molecule has 1 aliphatic heterocycles. The van der Waals surface area contributed by atoms with E-state index in [2.05, 4.69) is 10.3 Å². The Bertz CT molecular complexity index is 137. The molecule has 0 spiro atoms.